The Hall–Kier alpha value is -0.700. The molecule has 0 unspecified atom stereocenters. The lowest BCUT2D eigenvalue weighted by Gasteiger charge is -2.06. The lowest BCUT2D eigenvalue weighted by atomic mass is 10.3. The zero-order valence-electron chi connectivity index (χ0n) is 7.97. The molecule has 0 saturated carbocycles. The fraction of sp³-hybridized carbons (Fsp3) is 0.0909. The van der Waals surface area contributed by atoms with Crippen molar-refractivity contribution in [2.24, 2.45) is 0 Å². The monoisotopic (exact) mass is 256 g/mol. The summed E-state index contributed by atoms with van der Waals surface area (Å²) in [6.45, 7) is 2.00. The smallest absolute Gasteiger partial charge is 0.0529 e. The molecule has 0 amide bonds. The van der Waals surface area contributed by atoms with E-state index in [2.05, 4.69) is 10.7 Å². The Morgan fingerprint density at radius 1 is 1.20 bits per heavy atom. The van der Waals surface area contributed by atoms with Crippen molar-refractivity contribution >= 4 is 45.9 Å². The lowest BCUT2D eigenvalue weighted by Crippen LogP contribution is -1.89. The predicted molar refractivity (Wildman–Crippen MR) is 67.6 cm³/mol. The molecule has 1 N–H and O–H groups in total. The molecule has 0 fully saturated rings. The van der Waals surface area contributed by atoms with Crippen LogP contribution in [-0.2, 0) is 0 Å². The first kappa shape index (κ1) is 10.8. The number of nitrogens with one attached hydrogen (secondary N) is 1. The van der Waals surface area contributed by atoms with Gasteiger partial charge in [-0.2, -0.15) is 0 Å². The summed E-state index contributed by atoms with van der Waals surface area (Å²) >= 11 is 13.3. The van der Waals surface area contributed by atoms with Crippen molar-refractivity contribution in [1.29, 1.82) is 0 Å². The van der Waals surface area contributed by atoms with Gasteiger partial charge in [-0.15, -0.1) is 11.3 Å². The van der Waals surface area contributed by atoms with E-state index in [-0.39, 0.29) is 0 Å². The van der Waals surface area contributed by atoms with Gasteiger partial charge in [-0.1, -0.05) is 23.2 Å². The van der Waals surface area contributed by atoms with Crippen LogP contribution in [0.4, 0.5) is 11.4 Å². The molecule has 2 rings (SSSR count). The van der Waals surface area contributed by atoms with E-state index in [4.69, 9.17) is 23.2 Å². The third-order valence-corrected chi connectivity index (χ3v) is 3.15. The van der Waals surface area contributed by atoms with E-state index in [0.29, 0.717) is 10.0 Å². The molecule has 1 nitrogen and oxygen atoms in total. The number of rotatable bonds is 2. The molecule has 1 aromatic heterocycles. The molecule has 0 bridgehead atoms. The molecule has 0 atom stereocenters. The summed E-state index contributed by atoms with van der Waals surface area (Å²) in [6.07, 6.45) is 0. The molecule has 2 aromatic rings. The second-order valence-electron chi connectivity index (χ2n) is 3.16. The minimum Gasteiger partial charge on any atom is -0.355 e. The average molecular weight is 257 g/mol. The summed E-state index contributed by atoms with van der Waals surface area (Å²) in [6, 6.07) is 5.38. The Labute approximate surface area is 103 Å². The SMILES string of the molecule is Cc1[c]scc1Nc1cc(Cl)cc(Cl)c1. The minimum absolute atomic E-state index is 0.627. The van der Waals surface area contributed by atoms with E-state index in [1.165, 1.54) is 0 Å². The summed E-state index contributed by atoms with van der Waals surface area (Å²) < 4.78 is 0. The number of benzene rings is 1. The van der Waals surface area contributed by atoms with Crippen molar-refractivity contribution in [1.82, 2.24) is 0 Å². The lowest BCUT2D eigenvalue weighted by molar-refractivity contribution is 1.49. The summed E-state index contributed by atoms with van der Waals surface area (Å²) in [7, 11) is 0. The Balaban J connectivity index is 2.28. The van der Waals surface area contributed by atoms with Crippen molar-refractivity contribution in [2.45, 2.75) is 6.92 Å². The van der Waals surface area contributed by atoms with Gasteiger partial charge >= 0.3 is 0 Å². The topological polar surface area (TPSA) is 12.0 Å². The van der Waals surface area contributed by atoms with Crippen molar-refractivity contribution in [3.05, 3.63) is 44.6 Å². The second kappa shape index (κ2) is 4.44. The summed E-state index contributed by atoms with van der Waals surface area (Å²) in [5.41, 5.74) is 3.02. The fourth-order valence-corrected chi connectivity index (χ4v) is 2.45. The van der Waals surface area contributed by atoms with Crippen molar-refractivity contribution in [3.8, 4) is 0 Å². The summed E-state index contributed by atoms with van der Waals surface area (Å²) in [5.74, 6) is 0. The third kappa shape index (κ3) is 2.65. The minimum atomic E-state index is 0.627. The molecule has 15 heavy (non-hydrogen) atoms. The number of anilines is 2. The van der Waals surface area contributed by atoms with E-state index in [0.717, 1.165) is 16.9 Å². The molecule has 0 spiro atoms. The molecule has 4 heteroatoms. The zero-order valence-corrected chi connectivity index (χ0v) is 10.3. The van der Waals surface area contributed by atoms with Crippen molar-refractivity contribution in [3.63, 3.8) is 0 Å². The van der Waals surface area contributed by atoms with Crippen LogP contribution in [0.15, 0.2) is 23.6 Å². The molecule has 0 aliphatic carbocycles. The van der Waals surface area contributed by atoms with Crippen LogP contribution in [0.5, 0.6) is 0 Å². The Kier molecular flexibility index (Phi) is 3.19. The van der Waals surface area contributed by atoms with Crippen LogP contribution >= 0.6 is 34.5 Å². The first-order valence-corrected chi connectivity index (χ1v) is 5.97. The normalized spacial score (nSPS) is 10.3. The largest absolute Gasteiger partial charge is 0.355 e. The van der Waals surface area contributed by atoms with Crippen LogP contribution in [0, 0.1) is 12.3 Å². The highest BCUT2D eigenvalue weighted by atomic mass is 35.5. The van der Waals surface area contributed by atoms with E-state index in [1.54, 1.807) is 17.4 Å². The number of hydrogen-bond donors (Lipinski definition) is 1. The quantitative estimate of drug-likeness (QED) is 0.806. The highest BCUT2D eigenvalue weighted by Gasteiger charge is 2.02. The maximum Gasteiger partial charge on any atom is 0.0529 e. The van der Waals surface area contributed by atoms with E-state index < -0.39 is 0 Å². The third-order valence-electron chi connectivity index (χ3n) is 1.93. The summed E-state index contributed by atoms with van der Waals surface area (Å²) in [5, 5.41) is 9.63. The van der Waals surface area contributed by atoms with E-state index in [1.807, 2.05) is 24.4 Å². The molecule has 0 aliphatic heterocycles. The van der Waals surface area contributed by atoms with Crippen molar-refractivity contribution in [2.75, 3.05) is 5.32 Å². The predicted octanol–water partition coefficient (Wildman–Crippen LogP) is 4.91. The molecule has 0 saturated heterocycles. The number of halogens is 2. The molecular weight excluding hydrogens is 249 g/mol. The van der Waals surface area contributed by atoms with E-state index in [9.17, 15) is 0 Å². The van der Waals surface area contributed by atoms with Gasteiger partial charge in [0.2, 0.25) is 0 Å². The molecule has 1 aromatic carbocycles. The van der Waals surface area contributed by atoms with Gasteiger partial charge in [-0.3, -0.25) is 0 Å². The van der Waals surface area contributed by atoms with Crippen LogP contribution in [0.1, 0.15) is 5.56 Å². The van der Waals surface area contributed by atoms with E-state index >= 15 is 0 Å². The molecule has 0 aliphatic rings. The van der Waals surface area contributed by atoms with Gasteiger partial charge in [0.05, 0.1) is 5.69 Å². The molecule has 77 valence electrons. The highest BCUT2D eigenvalue weighted by Crippen LogP contribution is 2.27. The van der Waals surface area contributed by atoms with Crippen LogP contribution in [0.25, 0.3) is 0 Å². The van der Waals surface area contributed by atoms with Gasteiger partial charge in [-0.25, -0.2) is 0 Å². The number of hydrogen-bond acceptors (Lipinski definition) is 2. The highest BCUT2D eigenvalue weighted by molar-refractivity contribution is 7.08. The van der Waals surface area contributed by atoms with Gasteiger partial charge in [0.25, 0.3) is 0 Å². The van der Waals surface area contributed by atoms with Crippen LogP contribution in [0.3, 0.4) is 0 Å². The first-order chi connectivity index (χ1) is 7.15. The Morgan fingerprint density at radius 2 is 1.87 bits per heavy atom. The van der Waals surface area contributed by atoms with Crippen LogP contribution < -0.4 is 5.32 Å². The van der Waals surface area contributed by atoms with Gasteiger partial charge < -0.3 is 5.32 Å². The Bertz CT molecular complexity index is 459. The van der Waals surface area contributed by atoms with Gasteiger partial charge in [0.15, 0.2) is 0 Å². The van der Waals surface area contributed by atoms with Crippen LogP contribution in [0.2, 0.25) is 10.0 Å². The second-order valence-corrected chi connectivity index (χ2v) is 4.71. The summed E-state index contributed by atoms with van der Waals surface area (Å²) in [4.78, 5) is 0. The fourth-order valence-electron chi connectivity index (χ4n) is 1.22. The maximum atomic E-state index is 5.90. The first-order valence-electron chi connectivity index (χ1n) is 4.34. The zero-order chi connectivity index (χ0) is 10.8. The van der Waals surface area contributed by atoms with Crippen molar-refractivity contribution < 1.29 is 0 Å². The molecule has 1 radical (unpaired) electrons. The molecule has 1 heterocycles. The van der Waals surface area contributed by atoms with Gasteiger partial charge in [-0.05, 0) is 30.7 Å². The molecular formula is C11H8Cl2NS. The Morgan fingerprint density at radius 3 is 2.40 bits per heavy atom. The standard InChI is InChI=1S/C11H8Cl2NS/c1-7-5-15-6-11(7)14-10-3-8(12)2-9(13)4-10/h2-4,6,14H,1H3. The van der Waals surface area contributed by atoms with Gasteiger partial charge in [0.1, 0.15) is 0 Å². The average Bonchev–Trinajstić information content (AvgIpc) is 2.50. The van der Waals surface area contributed by atoms with Crippen LogP contribution in [-0.4, -0.2) is 0 Å². The number of aryl methyl sites for hydroxylation is 1. The maximum absolute atomic E-state index is 5.90. The number of thiophene rings is 1. The van der Waals surface area contributed by atoms with Gasteiger partial charge in [0, 0.05) is 26.5 Å².